The molecule has 90 valence electrons. The average molecular weight is 253 g/mol. The molecule has 0 saturated carbocycles. The van der Waals surface area contributed by atoms with Crippen LogP contribution in [0.2, 0.25) is 0 Å². The van der Waals surface area contributed by atoms with E-state index in [2.05, 4.69) is 15.2 Å². The molecule has 2 rings (SSSR count). The maximum Gasteiger partial charge on any atom is 0.208 e. The number of aryl methyl sites for hydroxylation is 1. The highest BCUT2D eigenvalue weighted by molar-refractivity contribution is 7.98. The van der Waals surface area contributed by atoms with E-state index in [1.807, 2.05) is 13.0 Å². The second kappa shape index (κ2) is 5.18. The van der Waals surface area contributed by atoms with Gasteiger partial charge in [0.05, 0.1) is 7.11 Å². The molecule has 1 N–H and O–H groups in total. The summed E-state index contributed by atoms with van der Waals surface area (Å²) in [6, 6.07) is 4.91. The SMILES string of the molecule is COc1ccc(CSc2n[nH]c(C)n2)cc1F. The molecule has 1 aromatic heterocycles. The van der Waals surface area contributed by atoms with Crippen LogP contribution in [0.15, 0.2) is 23.4 Å². The van der Waals surface area contributed by atoms with Crippen molar-refractivity contribution in [1.82, 2.24) is 15.2 Å². The standard InChI is InChI=1S/C11H12FN3OS/c1-7-13-11(15-14-7)17-6-8-3-4-10(16-2)9(12)5-8/h3-5H,6H2,1-2H3,(H,13,14,15). The van der Waals surface area contributed by atoms with Crippen molar-refractivity contribution in [1.29, 1.82) is 0 Å². The zero-order chi connectivity index (χ0) is 12.3. The number of ether oxygens (including phenoxy) is 1. The molecule has 0 atom stereocenters. The van der Waals surface area contributed by atoms with Gasteiger partial charge in [-0.15, -0.1) is 5.10 Å². The Bertz CT molecular complexity index is 515. The van der Waals surface area contributed by atoms with Crippen LogP contribution in [0.5, 0.6) is 5.75 Å². The number of hydrogen-bond acceptors (Lipinski definition) is 4. The quantitative estimate of drug-likeness (QED) is 0.851. The minimum atomic E-state index is -0.350. The Labute approximate surface area is 103 Å². The van der Waals surface area contributed by atoms with Gasteiger partial charge in [-0.1, -0.05) is 17.8 Å². The topological polar surface area (TPSA) is 50.8 Å². The molecule has 0 aliphatic rings. The van der Waals surface area contributed by atoms with Gasteiger partial charge in [0, 0.05) is 5.75 Å². The Morgan fingerprint density at radius 3 is 2.88 bits per heavy atom. The summed E-state index contributed by atoms with van der Waals surface area (Å²) in [4.78, 5) is 4.16. The number of aromatic nitrogens is 3. The number of hydrogen-bond donors (Lipinski definition) is 1. The van der Waals surface area contributed by atoms with Gasteiger partial charge < -0.3 is 4.74 Å². The van der Waals surface area contributed by atoms with E-state index in [0.717, 1.165) is 11.4 Å². The molecular formula is C11H12FN3OS. The van der Waals surface area contributed by atoms with Gasteiger partial charge in [0.1, 0.15) is 5.82 Å². The molecule has 1 aromatic carbocycles. The van der Waals surface area contributed by atoms with Crippen LogP contribution in [0.4, 0.5) is 4.39 Å². The van der Waals surface area contributed by atoms with Gasteiger partial charge in [-0.25, -0.2) is 9.37 Å². The lowest BCUT2D eigenvalue weighted by molar-refractivity contribution is 0.386. The Balaban J connectivity index is 2.02. The van der Waals surface area contributed by atoms with Crippen LogP contribution in [0.1, 0.15) is 11.4 Å². The number of methoxy groups -OCH3 is 1. The fourth-order valence-corrected chi connectivity index (χ4v) is 2.12. The van der Waals surface area contributed by atoms with Crippen molar-refractivity contribution in [2.45, 2.75) is 17.8 Å². The molecule has 2 aromatic rings. The van der Waals surface area contributed by atoms with Crippen molar-refractivity contribution in [3.63, 3.8) is 0 Å². The van der Waals surface area contributed by atoms with Crippen molar-refractivity contribution < 1.29 is 9.13 Å². The summed E-state index contributed by atoms with van der Waals surface area (Å²) in [7, 11) is 1.45. The predicted octanol–water partition coefficient (Wildman–Crippen LogP) is 2.55. The lowest BCUT2D eigenvalue weighted by atomic mass is 10.2. The molecule has 17 heavy (non-hydrogen) atoms. The third kappa shape index (κ3) is 2.97. The first kappa shape index (κ1) is 11.9. The average Bonchev–Trinajstić information content (AvgIpc) is 2.73. The third-order valence-electron chi connectivity index (χ3n) is 2.16. The summed E-state index contributed by atoms with van der Waals surface area (Å²) in [5.74, 6) is 1.30. The number of thioether (sulfide) groups is 1. The van der Waals surface area contributed by atoms with E-state index >= 15 is 0 Å². The third-order valence-corrected chi connectivity index (χ3v) is 3.08. The largest absolute Gasteiger partial charge is 0.494 e. The molecule has 0 amide bonds. The summed E-state index contributed by atoms with van der Waals surface area (Å²) >= 11 is 1.46. The predicted molar refractivity (Wildman–Crippen MR) is 63.6 cm³/mol. The zero-order valence-corrected chi connectivity index (χ0v) is 10.3. The Morgan fingerprint density at radius 1 is 1.47 bits per heavy atom. The van der Waals surface area contributed by atoms with E-state index < -0.39 is 0 Å². The number of rotatable bonds is 4. The minimum absolute atomic E-state index is 0.257. The van der Waals surface area contributed by atoms with Crippen molar-refractivity contribution in [2.24, 2.45) is 0 Å². The molecular weight excluding hydrogens is 241 g/mol. The Kier molecular flexibility index (Phi) is 3.63. The smallest absolute Gasteiger partial charge is 0.208 e. The first-order chi connectivity index (χ1) is 8.19. The molecule has 0 radical (unpaired) electrons. The Hall–Kier alpha value is -1.56. The molecule has 1 heterocycles. The monoisotopic (exact) mass is 253 g/mol. The number of halogens is 1. The first-order valence-electron chi connectivity index (χ1n) is 5.03. The summed E-state index contributed by atoms with van der Waals surface area (Å²) in [5.41, 5.74) is 0.871. The van der Waals surface area contributed by atoms with E-state index in [1.54, 1.807) is 6.07 Å². The second-order valence-corrected chi connectivity index (χ2v) is 4.40. The maximum absolute atomic E-state index is 13.4. The number of benzene rings is 1. The summed E-state index contributed by atoms with van der Waals surface area (Å²) < 4.78 is 18.3. The molecule has 0 saturated heterocycles. The van der Waals surface area contributed by atoms with Crippen molar-refractivity contribution in [3.05, 3.63) is 35.4 Å². The molecule has 0 unspecified atom stereocenters. The second-order valence-electron chi connectivity index (χ2n) is 3.46. The van der Waals surface area contributed by atoms with Crippen LogP contribution < -0.4 is 4.74 Å². The molecule has 0 bridgehead atoms. The minimum Gasteiger partial charge on any atom is -0.494 e. The van der Waals surface area contributed by atoms with Gasteiger partial charge in [0.25, 0.3) is 0 Å². The van der Waals surface area contributed by atoms with Crippen molar-refractivity contribution in [3.8, 4) is 5.75 Å². The zero-order valence-electron chi connectivity index (χ0n) is 9.53. The van der Waals surface area contributed by atoms with E-state index in [-0.39, 0.29) is 11.6 Å². The van der Waals surface area contributed by atoms with Gasteiger partial charge in [0.15, 0.2) is 11.6 Å². The van der Waals surface area contributed by atoms with Crippen molar-refractivity contribution >= 4 is 11.8 Å². The fourth-order valence-electron chi connectivity index (χ4n) is 1.33. The van der Waals surface area contributed by atoms with Gasteiger partial charge in [0.2, 0.25) is 5.16 Å². The van der Waals surface area contributed by atoms with Crippen LogP contribution in [0, 0.1) is 12.7 Å². The summed E-state index contributed by atoms with van der Waals surface area (Å²) in [6.07, 6.45) is 0. The summed E-state index contributed by atoms with van der Waals surface area (Å²) in [5, 5.41) is 7.42. The lowest BCUT2D eigenvalue weighted by Crippen LogP contribution is -1.90. The number of H-pyrrole nitrogens is 1. The molecule has 0 aliphatic carbocycles. The van der Waals surface area contributed by atoms with Crippen LogP contribution >= 0.6 is 11.8 Å². The summed E-state index contributed by atoms with van der Waals surface area (Å²) in [6.45, 7) is 1.84. The van der Waals surface area contributed by atoms with Crippen molar-refractivity contribution in [2.75, 3.05) is 7.11 Å². The highest BCUT2D eigenvalue weighted by Gasteiger charge is 2.05. The van der Waals surface area contributed by atoms with E-state index in [4.69, 9.17) is 4.74 Å². The number of nitrogens with one attached hydrogen (secondary N) is 1. The normalized spacial score (nSPS) is 10.5. The van der Waals surface area contributed by atoms with Gasteiger partial charge in [-0.3, -0.25) is 5.10 Å². The van der Waals surface area contributed by atoms with E-state index in [9.17, 15) is 4.39 Å². The number of nitrogens with zero attached hydrogens (tertiary/aromatic N) is 2. The number of aromatic amines is 1. The lowest BCUT2D eigenvalue weighted by Gasteiger charge is -2.03. The molecule has 0 aliphatic heterocycles. The van der Waals surface area contributed by atoms with Gasteiger partial charge >= 0.3 is 0 Å². The van der Waals surface area contributed by atoms with Gasteiger partial charge in [-0.2, -0.15) is 0 Å². The molecule has 6 heteroatoms. The van der Waals surface area contributed by atoms with E-state index in [0.29, 0.717) is 10.9 Å². The van der Waals surface area contributed by atoms with Crippen LogP contribution in [0.25, 0.3) is 0 Å². The van der Waals surface area contributed by atoms with E-state index in [1.165, 1.54) is 24.9 Å². The first-order valence-corrected chi connectivity index (χ1v) is 6.02. The molecule has 0 fully saturated rings. The van der Waals surface area contributed by atoms with Crippen LogP contribution in [-0.2, 0) is 5.75 Å². The Morgan fingerprint density at radius 2 is 2.29 bits per heavy atom. The fraction of sp³-hybridized carbons (Fsp3) is 0.273. The molecule has 0 spiro atoms. The molecule has 4 nitrogen and oxygen atoms in total. The van der Waals surface area contributed by atoms with Crippen LogP contribution in [-0.4, -0.2) is 22.3 Å². The maximum atomic E-state index is 13.4. The highest BCUT2D eigenvalue weighted by atomic mass is 32.2. The van der Waals surface area contributed by atoms with Gasteiger partial charge in [-0.05, 0) is 24.6 Å². The highest BCUT2D eigenvalue weighted by Crippen LogP contribution is 2.23. The van der Waals surface area contributed by atoms with Crippen LogP contribution in [0.3, 0.4) is 0 Å².